The Kier molecular flexibility index (Phi) is 5.26. The molecule has 0 saturated heterocycles. The second-order valence-corrected chi connectivity index (χ2v) is 6.88. The highest BCUT2D eigenvalue weighted by molar-refractivity contribution is 7.10. The van der Waals surface area contributed by atoms with Crippen LogP contribution < -0.4 is 11.1 Å². The first-order valence-corrected chi connectivity index (χ1v) is 9.16. The van der Waals surface area contributed by atoms with Gasteiger partial charge in [0, 0.05) is 22.9 Å². The Morgan fingerprint density at radius 3 is 2.79 bits per heavy atom. The van der Waals surface area contributed by atoms with Crippen LogP contribution in [0, 0.1) is 0 Å². The summed E-state index contributed by atoms with van der Waals surface area (Å²) in [7, 11) is 0. The fourth-order valence-corrected chi connectivity index (χ4v) is 3.45. The summed E-state index contributed by atoms with van der Waals surface area (Å²) in [6, 6.07) is 4.90. The zero-order valence-corrected chi connectivity index (χ0v) is 15.8. The molecule has 3 N–H and O–H groups in total. The number of nitrogens with one attached hydrogen (secondary N) is 1. The quantitative estimate of drug-likeness (QED) is 0.754. The number of hydrogen-bond donors (Lipinski definition) is 2. The first kappa shape index (κ1) is 20.0. The van der Waals surface area contributed by atoms with Gasteiger partial charge in [0.25, 0.3) is 0 Å². The normalized spacial score (nSPS) is 19.5. The van der Waals surface area contributed by atoms with Crippen LogP contribution in [0.2, 0.25) is 0 Å². The van der Waals surface area contributed by atoms with Gasteiger partial charge < -0.3 is 10.1 Å². The van der Waals surface area contributed by atoms with Crippen molar-refractivity contribution in [3.63, 3.8) is 0 Å². The van der Waals surface area contributed by atoms with Gasteiger partial charge in [-0.15, -0.1) is 11.3 Å². The fourth-order valence-electron chi connectivity index (χ4n) is 2.61. The number of hydrogen-bond acceptors (Lipinski definition) is 7. The van der Waals surface area contributed by atoms with E-state index in [-0.39, 0.29) is 12.2 Å². The van der Waals surface area contributed by atoms with Crippen LogP contribution in [0.4, 0.5) is 13.2 Å². The number of allylic oxidation sites excluding steroid dienone is 1. The second-order valence-electron chi connectivity index (χ2n) is 6.03. The number of aliphatic imine (C=N–C) groups is 1. The fraction of sp³-hybridized carbons (Fsp3) is 0.278. The Bertz CT molecular complexity index is 968. The standard InChI is InChI=1S/C18H17F3N4O2S/c1-3-27-15(26)13-8-23-18(22,25-10(13)2)16-24-14(9-28-16)11-5-4-6-12(7-11)17(19,20)21/h4-9,25H,3,22H2,1-2H3. The maximum Gasteiger partial charge on any atom is 0.416 e. The molecule has 148 valence electrons. The highest BCUT2D eigenvalue weighted by Crippen LogP contribution is 2.34. The molecule has 0 fully saturated rings. The largest absolute Gasteiger partial charge is 0.462 e. The SMILES string of the molecule is CCOC(=O)C1=C(C)NC(N)(c2nc(-c3cccc(C(F)(F)F)c3)cs2)N=C1. The zero-order valence-electron chi connectivity index (χ0n) is 15.0. The van der Waals surface area contributed by atoms with Crippen LogP contribution in [-0.4, -0.2) is 23.8 Å². The molecule has 6 nitrogen and oxygen atoms in total. The molecule has 1 aliphatic rings. The molecular formula is C18H17F3N4O2S. The number of carbonyl (C=O) groups is 1. The summed E-state index contributed by atoms with van der Waals surface area (Å²) in [5, 5.41) is 4.88. The van der Waals surface area contributed by atoms with Crippen LogP contribution in [0.1, 0.15) is 24.4 Å². The number of nitrogens with two attached hydrogens (primary N) is 1. The van der Waals surface area contributed by atoms with Crippen molar-refractivity contribution in [2.75, 3.05) is 6.61 Å². The average molecular weight is 410 g/mol. The van der Waals surface area contributed by atoms with Gasteiger partial charge in [0.05, 0.1) is 23.4 Å². The third kappa shape index (κ3) is 3.92. The minimum Gasteiger partial charge on any atom is -0.462 e. The number of rotatable bonds is 4. The Balaban J connectivity index is 1.87. The Hall–Kier alpha value is -2.72. The molecule has 0 saturated carbocycles. The van der Waals surface area contributed by atoms with Gasteiger partial charge in [-0.2, -0.15) is 13.2 Å². The number of benzene rings is 1. The van der Waals surface area contributed by atoms with Gasteiger partial charge in [-0.05, 0) is 26.0 Å². The van der Waals surface area contributed by atoms with Crippen molar-refractivity contribution < 1.29 is 22.7 Å². The van der Waals surface area contributed by atoms with E-state index >= 15 is 0 Å². The maximum absolute atomic E-state index is 12.9. The first-order valence-electron chi connectivity index (χ1n) is 8.28. The molecule has 1 aliphatic heterocycles. The summed E-state index contributed by atoms with van der Waals surface area (Å²) in [5.74, 6) is -1.95. The van der Waals surface area contributed by atoms with E-state index in [2.05, 4.69) is 15.3 Å². The number of thiazole rings is 1. The summed E-state index contributed by atoms with van der Waals surface area (Å²) in [6.45, 7) is 3.57. The number of ether oxygens (including phenoxy) is 1. The third-order valence-corrected chi connectivity index (χ3v) is 4.96. The molecular weight excluding hydrogens is 393 g/mol. The molecule has 3 rings (SSSR count). The summed E-state index contributed by atoms with van der Waals surface area (Å²) < 4.78 is 43.7. The Labute approximate surface area is 162 Å². The van der Waals surface area contributed by atoms with Crippen LogP contribution in [0.15, 0.2) is 45.9 Å². The third-order valence-electron chi connectivity index (χ3n) is 3.99. The van der Waals surface area contributed by atoms with Crippen molar-refractivity contribution in [2.45, 2.75) is 25.8 Å². The molecule has 2 heterocycles. The summed E-state index contributed by atoms with van der Waals surface area (Å²) >= 11 is 1.15. The summed E-state index contributed by atoms with van der Waals surface area (Å²) in [5.41, 5.74) is 6.90. The van der Waals surface area contributed by atoms with Crippen LogP contribution in [-0.2, 0) is 21.5 Å². The number of nitrogens with zero attached hydrogens (tertiary/aromatic N) is 2. The van der Waals surface area contributed by atoms with Gasteiger partial charge in [0.1, 0.15) is 0 Å². The van der Waals surface area contributed by atoms with E-state index in [4.69, 9.17) is 10.5 Å². The number of halogens is 3. The van der Waals surface area contributed by atoms with Gasteiger partial charge in [-0.25, -0.2) is 14.8 Å². The van der Waals surface area contributed by atoms with Crippen molar-refractivity contribution >= 4 is 23.5 Å². The Morgan fingerprint density at radius 1 is 1.39 bits per heavy atom. The monoisotopic (exact) mass is 410 g/mol. The van der Waals surface area contributed by atoms with E-state index in [1.807, 2.05) is 0 Å². The van der Waals surface area contributed by atoms with E-state index < -0.39 is 23.5 Å². The van der Waals surface area contributed by atoms with Gasteiger partial charge in [-0.3, -0.25) is 5.73 Å². The highest BCUT2D eigenvalue weighted by atomic mass is 32.1. The lowest BCUT2D eigenvalue weighted by atomic mass is 10.1. The van der Waals surface area contributed by atoms with Crippen molar-refractivity contribution in [1.29, 1.82) is 0 Å². The molecule has 1 unspecified atom stereocenters. The smallest absolute Gasteiger partial charge is 0.416 e. The molecule has 0 bridgehead atoms. The second kappa shape index (κ2) is 7.36. The molecule has 1 atom stereocenters. The van der Waals surface area contributed by atoms with Crippen LogP contribution in [0.25, 0.3) is 11.3 Å². The molecule has 10 heteroatoms. The number of carbonyl (C=O) groups excluding carboxylic acids is 1. The average Bonchev–Trinajstić information content (AvgIpc) is 3.12. The molecule has 1 aromatic heterocycles. The van der Waals surface area contributed by atoms with Crippen LogP contribution >= 0.6 is 11.3 Å². The van der Waals surface area contributed by atoms with Gasteiger partial charge in [-0.1, -0.05) is 12.1 Å². The lowest BCUT2D eigenvalue weighted by Crippen LogP contribution is -2.50. The van der Waals surface area contributed by atoms with Gasteiger partial charge >= 0.3 is 12.1 Å². The van der Waals surface area contributed by atoms with Gasteiger partial charge in [0.2, 0.25) is 5.79 Å². The minimum atomic E-state index is -4.44. The highest BCUT2D eigenvalue weighted by Gasteiger charge is 2.35. The lowest BCUT2D eigenvalue weighted by Gasteiger charge is -2.29. The summed E-state index contributed by atoms with van der Waals surface area (Å²) in [4.78, 5) is 20.4. The number of alkyl halides is 3. The van der Waals surface area contributed by atoms with Crippen molar-refractivity contribution in [1.82, 2.24) is 10.3 Å². The zero-order chi connectivity index (χ0) is 20.5. The van der Waals surface area contributed by atoms with Crippen molar-refractivity contribution in [2.24, 2.45) is 10.7 Å². The molecule has 2 aromatic rings. The molecule has 1 aromatic carbocycles. The molecule has 0 aliphatic carbocycles. The lowest BCUT2D eigenvalue weighted by molar-refractivity contribution is -0.138. The van der Waals surface area contributed by atoms with E-state index in [0.717, 1.165) is 23.5 Å². The first-order chi connectivity index (χ1) is 13.1. The van der Waals surface area contributed by atoms with Crippen LogP contribution in [0.5, 0.6) is 0 Å². The van der Waals surface area contributed by atoms with E-state index in [1.54, 1.807) is 25.3 Å². The van der Waals surface area contributed by atoms with Gasteiger partial charge in [0.15, 0.2) is 5.01 Å². The molecule has 0 radical (unpaired) electrons. The number of esters is 1. The van der Waals surface area contributed by atoms with E-state index in [1.165, 1.54) is 12.3 Å². The Morgan fingerprint density at radius 2 is 2.14 bits per heavy atom. The predicted molar refractivity (Wildman–Crippen MR) is 99.4 cm³/mol. The predicted octanol–water partition coefficient (Wildman–Crippen LogP) is 3.41. The number of aromatic nitrogens is 1. The van der Waals surface area contributed by atoms with Crippen molar-refractivity contribution in [3.8, 4) is 11.3 Å². The van der Waals surface area contributed by atoms with E-state index in [0.29, 0.717) is 22.0 Å². The molecule has 0 spiro atoms. The topological polar surface area (TPSA) is 89.6 Å². The van der Waals surface area contributed by atoms with E-state index in [9.17, 15) is 18.0 Å². The van der Waals surface area contributed by atoms with Crippen molar-refractivity contribution in [3.05, 3.63) is 51.5 Å². The molecule has 28 heavy (non-hydrogen) atoms. The maximum atomic E-state index is 12.9. The molecule has 0 amide bonds. The van der Waals surface area contributed by atoms with Crippen LogP contribution in [0.3, 0.4) is 0 Å². The summed E-state index contributed by atoms with van der Waals surface area (Å²) in [6.07, 6.45) is -3.13. The minimum absolute atomic E-state index is 0.226.